The topological polar surface area (TPSA) is 87.3 Å². The van der Waals surface area contributed by atoms with Crippen molar-refractivity contribution in [2.75, 3.05) is 0 Å². The zero-order chi connectivity index (χ0) is 9.19. The van der Waals surface area contributed by atoms with E-state index < -0.39 is 5.97 Å². The molecule has 0 heterocycles. The Bertz CT molecular complexity index is 267. The zero-order valence-corrected chi connectivity index (χ0v) is 6.95. The molecule has 0 atom stereocenters. The Kier molecular flexibility index (Phi) is 2.32. The molecule has 1 aromatic carbocycles. The largest absolute Gasteiger partial charge is 0.447 e. The summed E-state index contributed by atoms with van der Waals surface area (Å²) in [7, 11) is 0. The number of rotatable bonds is 2. The maximum absolute atomic E-state index is 5.25. The number of nitrogens with two attached hydrogens (primary N) is 3. The van der Waals surface area contributed by atoms with E-state index in [1.54, 1.807) is 12.1 Å². The molecule has 0 radical (unpaired) electrons. The summed E-state index contributed by atoms with van der Waals surface area (Å²) in [6.45, 7) is 1.94. The Morgan fingerprint density at radius 3 is 2.42 bits per heavy atom. The molecule has 0 fully saturated rings. The summed E-state index contributed by atoms with van der Waals surface area (Å²) in [5.41, 5.74) is 16.8. The summed E-state index contributed by atoms with van der Waals surface area (Å²) in [6, 6.07) is 7.34. The van der Waals surface area contributed by atoms with E-state index in [9.17, 15) is 0 Å². The van der Waals surface area contributed by atoms with Crippen molar-refractivity contribution in [1.82, 2.24) is 0 Å². The first-order valence-corrected chi connectivity index (χ1v) is 3.60. The van der Waals surface area contributed by atoms with Crippen LogP contribution in [-0.2, 0) is 0 Å². The normalized spacial score (nSPS) is 11.3. The highest BCUT2D eigenvalue weighted by Crippen LogP contribution is 2.13. The number of aryl methyl sites for hydroxylation is 1. The quantitative estimate of drug-likeness (QED) is 0.535. The minimum absolute atomic E-state index is 0.572. The third-order valence-corrected chi connectivity index (χ3v) is 1.28. The molecule has 0 aliphatic heterocycles. The van der Waals surface area contributed by atoms with Gasteiger partial charge in [-0.25, -0.2) is 0 Å². The van der Waals surface area contributed by atoms with Gasteiger partial charge in [-0.1, -0.05) is 12.1 Å². The minimum Gasteiger partial charge on any atom is -0.447 e. The summed E-state index contributed by atoms with van der Waals surface area (Å²) in [5.74, 6) is -1.03. The molecule has 0 spiro atoms. The average molecular weight is 167 g/mol. The SMILES string of the molecule is Cc1cccc(OC(N)(N)N)c1. The lowest BCUT2D eigenvalue weighted by Gasteiger charge is -2.20. The van der Waals surface area contributed by atoms with Gasteiger partial charge in [0.25, 0.3) is 5.97 Å². The van der Waals surface area contributed by atoms with Crippen LogP contribution in [0.3, 0.4) is 0 Å². The van der Waals surface area contributed by atoms with Gasteiger partial charge in [0, 0.05) is 0 Å². The lowest BCUT2D eigenvalue weighted by atomic mass is 10.2. The van der Waals surface area contributed by atoms with Crippen LogP contribution in [-0.4, -0.2) is 5.97 Å². The summed E-state index contributed by atoms with van der Waals surface area (Å²) in [4.78, 5) is 0. The Balaban J connectivity index is 2.77. The highest BCUT2D eigenvalue weighted by Gasteiger charge is 2.12. The van der Waals surface area contributed by atoms with Crippen molar-refractivity contribution in [3.05, 3.63) is 29.8 Å². The third kappa shape index (κ3) is 2.87. The van der Waals surface area contributed by atoms with Gasteiger partial charge in [-0.2, -0.15) is 0 Å². The van der Waals surface area contributed by atoms with E-state index in [0.717, 1.165) is 5.56 Å². The van der Waals surface area contributed by atoms with E-state index in [-0.39, 0.29) is 0 Å². The second kappa shape index (κ2) is 3.10. The van der Waals surface area contributed by atoms with Crippen LogP contribution < -0.4 is 21.9 Å². The van der Waals surface area contributed by atoms with Crippen molar-refractivity contribution in [3.8, 4) is 5.75 Å². The van der Waals surface area contributed by atoms with Crippen molar-refractivity contribution in [3.63, 3.8) is 0 Å². The van der Waals surface area contributed by atoms with E-state index >= 15 is 0 Å². The van der Waals surface area contributed by atoms with E-state index in [1.165, 1.54) is 0 Å². The number of hydrogen-bond donors (Lipinski definition) is 3. The molecule has 0 aromatic heterocycles. The van der Waals surface area contributed by atoms with Gasteiger partial charge in [0.05, 0.1) is 0 Å². The molecule has 6 N–H and O–H groups in total. The molecule has 0 saturated carbocycles. The standard InChI is InChI=1S/C8H13N3O/c1-6-3-2-4-7(5-6)12-8(9,10)11/h2-5H,9-11H2,1H3. The monoisotopic (exact) mass is 167 g/mol. The second-order valence-electron chi connectivity index (χ2n) is 2.77. The second-order valence-corrected chi connectivity index (χ2v) is 2.77. The molecule has 12 heavy (non-hydrogen) atoms. The van der Waals surface area contributed by atoms with Gasteiger partial charge in [0.2, 0.25) is 0 Å². The Morgan fingerprint density at radius 2 is 1.92 bits per heavy atom. The summed E-state index contributed by atoms with van der Waals surface area (Å²) in [5, 5.41) is 0. The summed E-state index contributed by atoms with van der Waals surface area (Å²) in [6.07, 6.45) is 0. The molecule has 4 heteroatoms. The van der Waals surface area contributed by atoms with Crippen LogP contribution in [0.15, 0.2) is 24.3 Å². The minimum atomic E-state index is -1.60. The lowest BCUT2D eigenvalue weighted by molar-refractivity contribution is 0.0901. The van der Waals surface area contributed by atoms with Crippen LogP contribution in [0.25, 0.3) is 0 Å². The van der Waals surface area contributed by atoms with Crippen LogP contribution in [0, 0.1) is 6.92 Å². The molecular formula is C8H13N3O. The van der Waals surface area contributed by atoms with Crippen LogP contribution in [0.4, 0.5) is 0 Å². The van der Waals surface area contributed by atoms with Gasteiger partial charge in [-0.15, -0.1) is 0 Å². The van der Waals surface area contributed by atoms with E-state index in [4.69, 9.17) is 21.9 Å². The van der Waals surface area contributed by atoms with E-state index in [2.05, 4.69) is 0 Å². The molecule has 0 saturated heterocycles. The van der Waals surface area contributed by atoms with Gasteiger partial charge < -0.3 is 4.74 Å². The van der Waals surface area contributed by atoms with Crippen LogP contribution in [0.1, 0.15) is 5.56 Å². The molecule has 1 rings (SSSR count). The average Bonchev–Trinajstić information content (AvgIpc) is 1.82. The molecule has 0 aliphatic carbocycles. The molecule has 0 amide bonds. The predicted octanol–water partition coefficient (Wildman–Crippen LogP) is -0.139. The number of hydrogen-bond acceptors (Lipinski definition) is 4. The molecule has 0 unspecified atom stereocenters. The Hall–Kier alpha value is -1.10. The van der Waals surface area contributed by atoms with Crippen molar-refractivity contribution < 1.29 is 4.74 Å². The first-order chi connectivity index (χ1) is 5.47. The fraction of sp³-hybridized carbons (Fsp3) is 0.250. The van der Waals surface area contributed by atoms with Crippen LogP contribution in [0.2, 0.25) is 0 Å². The highest BCUT2D eigenvalue weighted by atomic mass is 16.5. The van der Waals surface area contributed by atoms with Crippen molar-refractivity contribution in [2.24, 2.45) is 17.2 Å². The van der Waals surface area contributed by atoms with Crippen molar-refractivity contribution in [2.45, 2.75) is 12.9 Å². The van der Waals surface area contributed by atoms with Gasteiger partial charge in [-0.3, -0.25) is 17.2 Å². The maximum Gasteiger partial charge on any atom is 0.271 e. The smallest absolute Gasteiger partial charge is 0.271 e. The summed E-state index contributed by atoms with van der Waals surface area (Å²) >= 11 is 0. The van der Waals surface area contributed by atoms with Gasteiger partial charge in [-0.05, 0) is 24.6 Å². The van der Waals surface area contributed by atoms with Gasteiger partial charge >= 0.3 is 0 Å². The van der Waals surface area contributed by atoms with E-state index in [1.807, 2.05) is 19.1 Å². The lowest BCUT2D eigenvalue weighted by Crippen LogP contribution is -2.62. The molecular weight excluding hydrogens is 154 g/mol. The van der Waals surface area contributed by atoms with E-state index in [0.29, 0.717) is 5.75 Å². The third-order valence-electron chi connectivity index (χ3n) is 1.28. The molecule has 66 valence electrons. The van der Waals surface area contributed by atoms with Crippen molar-refractivity contribution in [1.29, 1.82) is 0 Å². The first-order valence-electron chi connectivity index (χ1n) is 3.60. The number of benzene rings is 1. The maximum atomic E-state index is 5.25. The fourth-order valence-electron chi connectivity index (χ4n) is 0.883. The zero-order valence-electron chi connectivity index (χ0n) is 6.95. The van der Waals surface area contributed by atoms with Crippen LogP contribution >= 0.6 is 0 Å². The fourth-order valence-corrected chi connectivity index (χ4v) is 0.883. The predicted molar refractivity (Wildman–Crippen MR) is 47.1 cm³/mol. The Labute approximate surface area is 71.3 Å². The van der Waals surface area contributed by atoms with Gasteiger partial charge in [0.15, 0.2) is 0 Å². The van der Waals surface area contributed by atoms with Crippen molar-refractivity contribution >= 4 is 0 Å². The van der Waals surface area contributed by atoms with Crippen LogP contribution in [0.5, 0.6) is 5.75 Å². The molecule has 4 nitrogen and oxygen atoms in total. The van der Waals surface area contributed by atoms with Gasteiger partial charge in [0.1, 0.15) is 5.75 Å². The molecule has 1 aromatic rings. The highest BCUT2D eigenvalue weighted by molar-refractivity contribution is 5.27. The number of ether oxygens (including phenoxy) is 1. The first kappa shape index (κ1) is 8.99. The molecule has 0 aliphatic rings. The summed E-state index contributed by atoms with van der Waals surface area (Å²) < 4.78 is 5.02. The molecule has 0 bridgehead atoms. The Morgan fingerprint density at radius 1 is 1.25 bits per heavy atom.